The van der Waals surface area contributed by atoms with Crippen molar-refractivity contribution in [3.8, 4) is 28.1 Å². The highest BCUT2D eigenvalue weighted by atomic mass is 16.5. The Balaban J connectivity index is 1.05. The van der Waals surface area contributed by atoms with Gasteiger partial charge in [0.2, 0.25) is 11.8 Å². The van der Waals surface area contributed by atoms with E-state index in [1.54, 1.807) is 18.9 Å². The van der Waals surface area contributed by atoms with E-state index in [4.69, 9.17) is 33.7 Å². The first-order valence-electron chi connectivity index (χ1n) is 21.9. The Morgan fingerprint density at radius 3 is 2.30 bits per heavy atom. The van der Waals surface area contributed by atoms with E-state index in [0.717, 1.165) is 61.9 Å². The molecule has 2 saturated heterocycles. The number of carbonyl (C=O) groups is 4. The van der Waals surface area contributed by atoms with Crippen LogP contribution in [0.3, 0.4) is 0 Å². The van der Waals surface area contributed by atoms with Crippen molar-refractivity contribution < 1.29 is 42.9 Å². The molecule has 8 atom stereocenters. The lowest BCUT2D eigenvalue weighted by Crippen LogP contribution is -2.54. The second-order valence-electron chi connectivity index (χ2n) is 17.5. The summed E-state index contributed by atoms with van der Waals surface area (Å²) in [5.74, 6) is 1.88. The molecule has 2 aromatic heterocycles. The van der Waals surface area contributed by atoms with E-state index >= 15 is 0 Å². The number of aromatic nitrogens is 4. The molecule has 3 aromatic carbocycles. The van der Waals surface area contributed by atoms with Gasteiger partial charge >= 0.3 is 12.2 Å². The molecule has 17 heteroatoms. The lowest BCUT2D eigenvalue weighted by atomic mass is 9.92. The van der Waals surface area contributed by atoms with Crippen molar-refractivity contribution in [3.63, 3.8) is 0 Å². The van der Waals surface area contributed by atoms with Crippen LogP contribution in [0.4, 0.5) is 9.59 Å². The van der Waals surface area contributed by atoms with E-state index in [1.807, 2.05) is 37.1 Å². The van der Waals surface area contributed by atoms with Crippen LogP contribution in [0.25, 0.3) is 44.2 Å². The van der Waals surface area contributed by atoms with Crippen LogP contribution in [0.1, 0.15) is 76.3 Å². The molecule has 0 radical (unpaired) electrons. The smallest absolute Gasteiger partial charge is 0.407 e. The van der Waals surface area contributed by atoms with Gasteiger partial charge in [0, 0.05) is 44.2 Å². The summed E-state index contributed by atoms with van der Waals surface area (Å²) in [6.07, 6.45) is 1.93. The average Bonchev–Trinajstić information content (AvgIpc) is 4.14. The topological polar surface area (TPSA) is 202 Å². The third kappa shape index (κ3) is 8.45. The number of hydrogen-bond acceptors (Lipinski definition) is 11. The maximum absolute atomic E-state index is 14.1. The molecule has 0 bridgehead atoms. The summed E-state index contributed by atoms with van der Waals surface area (Å²) in [6.45, 7) is 9.61. The van der Waals surface area contributed by atoms with Gasteiger partial charge in [-0.05, 0) is 77.9 Å². The molecule has 4 amide bonds. The first-order valence-corrected chi connectivity index (χ1v) is 21.9. The van der Waals surface area contributed by atoms with Crippen molar-refractivity contribution in [2.75, 3.05) is 48.1 Å². The van der Waals surface area contributed by atoms with Crippen LogP contribution in [-0.2, 0) is 35.1 Å². The lowest BCUT2D eigenvalue weighted by Gasteiger charge is -2.30. The van der Waals surface area contributed by atoms with Gasteiger partial charge in [-0.2, -0.15) is 0 Å². The van der Waals surface area contributed by atoms with Crippen molar-refractivity contribution in [1.82, 2.24) is 40.4 Å². The standard InChI is InChI=1S/C47H58N8O9/c1-9-25(3)39(52-46(58)62-7)44(56)54-20-24(2)14-36(54)42-48-19-35(50-42)29-10-12-31-30(16-29)23-64-38-18-32-28(17-33(31)38)11-13-34-41(32)51-43(49-34)37-15-27(22-60-5)21-55(37)45(57)40(26(4)61-6)53-47(59)63-8/h10-13,16-19,24-27,36-37,39-40H,9,14-15,20-23H2,1-8H3,(H,48,50)(H,49,51)(H,52,58)(H,53,59)/t24-,25-,26+,27-,36?,37-,39?,40-/m0/s1. The Kier molecular flexibility index (Phi) is 12.8. The van der Waals surface area contributed by atoms with Crippen LogP contribution >= 0.6 is 0 Å². The molecule has 8 rings (SSSR count). The van der Waals surface area contributed by atoms with Crippen LogP contribution in [0.5, 0.6) is 5.75 Å². The van der Waals surface area contributed by atoms with Gasteiger partial charge in [-0.25, -0.2) is 19.6 Å². The first-order chi connectivity index (χ1) is 30.8. The van der Waals surface area contributed by atoms with Gasteiger partial charge in [0.25, 0.3) is 0 Å². The Hall–Kier alpha value is -6.20. The molecule has 5 heterocycles. The fourth-order valence-electron chi connectivity index (χ4n) is 9.54. The van der Waals surface area contributed by atoms with E-state index in [9.17, 15) is 19.2 Å². The van der Waals surface area contributed by atoms with Gasteiger partial charge in [-0.3, -0.25) is 9.59 Å². The number of ether oxygens (including phenoxy) is 5. The van der Waals surface area contributed by atoms with Gasteiger partial charge in [0.15, 0.2) is 0 Å². The molecule has 3 aliphatic rings. The van der Waals surface area contributed by atoms with Gasteiger partial charge in [0.05, 0.1) is 61.9 Å². The second-order valence-corrected chi connectivity index (χ2v) is 17.5. The van der Waals surface area contributed by atoms with E-state index in [1.165, 1.54) is 21.3 Å². The molecule has 340 valence electrons. The van der Waals surface area contributed by atoms with Crippen LogP contribution < -0.4 is 15.4 Å². The number of imidazole rings is 2. The number of carbonyl (C=O) groups excluding carboxylic acids is 4. The summed E-state index contributed by atoms with van der Waals surface area (Å²) in [6, 6.07) is 12.2. The lowest BCUT2D eigenvalue weighted by molar-refractivity contribution is -0.138. The van der Waals surface area contributed by atoms with Crippen LogP contribution in [0.15, 0.2) is 48.7 Å². The molecular formula is C47H58N8O9. The molecule has 5 aromatic rings. The van der Waals surface area contributed by atoms with Crippen molar-refractivity contribution >= 4 is 45.8 Å². The molecule has 0 aliphatic carbocycles. The molecule has 3 aliphatic heterocycles. The van der Waals surface area contributed by atoms with Crippen LogP contribution in [0, 0.1) is 17.8 Å². The zero-order valence-corrected chi connectivity index (χ0v) is 37.7. The summed E-state index contributed by atoms with van der Waals surface area (Å²) < 4.78 is 27.1. The van der Waals surface area contributed by atoms with Gasteiger partial charge < -0.3 is 54.1 Å². The highest BCUT2D eigenvalue weighted by Gasteiger charge is 2.43. The minimum Gasteiger partial charge on any atom is -0.488 e. The Labute approximate surface area is 371 Å². The minimum atomic E-state index is -0.971. The van der Waals surface area contributed by atoms with E-state index in [0.29, 0.717) is 50.8 Å². The number of amides is 4. The SMILES string of the molecule is CC[C@H](C)C(NC(=O)OC)C(=O)N1C[C@@H](C)CC1c1ncc(-c2ccc3c(c2)COc2cc4c(ccc5[nH]c([C@@H]6C[C@H](COC)CN6C(=O)[C@@H](NC(=O)OC)[C@@H](C)OC)nc54)cc2-3)[nH]1. The third-order valence-corrected chi connectivity index (χ3v) is 13.3. The van der Waals surface area contributed by atoms with Gasteiger partial charge in [-0.15, -0.1) is 0 Å². The quantitative estimate of drug-likeness (QED) is 0.0988. The maximum atomic E-state index is 14.1. The van der Waals surface area contributed by atoms with Crippen molar-refractivity contribution in [3.05, 3.63) is 65.9 Å². The predicted molar refractivity (Wildman–Crippen MR) is 238 cm³/mol. The fraction of sp³-hybridized carbons (Fsp3) is 0.489. The zero-order valence-electron chi connectivity index (χ0n) is 37.7. The van der Waals surface area contributed by atoms with Crippen molar-refractivity contribution in [2.24, 2.45) is 17.8 Å². The number of H-pyrrole nitrogens is 2. The highest BCUT2D eigenvalue weighted by molar-refractivity contribution is 6.07. The number of likely N-dealkylation sites (tertiary alicyclic amines) is 2. The minimum absolute atomic E-state index is 0.0552. The molecule has 2 unspecified atom stereocenters. The number of hydrogen-bond donors (Lipinski definition) is 4. The number of aromatic amines is 2. The molecule has 64 heavy (non-hydrogen) atoms. The number of rotatable bonds is 13. The normalized spacial score (nSPS) is 21.1. The summed E-state index contributed by atoms with van der Waals surface area (Å²) >= 11 is 0. The van der Waals surface area contributed by atoms with E-state index in [2.05, 4.69) is 57.9 Å². The Morgan fingerprint density at radius 2 is 1.58 bits per heavy atom. The highest BCUT2D eigenvalue weighted by Crippen LogP contribution is 2.44. The number of fused-ring (bicyclic) bond motifs is 6. The van der Waals surface area contributed by atoms with E-state index < -0.39 is 36.4 Å². The largest absolute Gasteiger partial charge is 0.488 e. The Morgan fingerprint density at radius 1 is 0.859 bits per heavy atom. The number of nitrogens with one attached hydrogen (secondary N) is 4. The maximum Gasteiger partial charge on any atom is 0.407 e. The first kappa shape index (κ1) is 44.4. The average molecular weight is 879 g/mol. The van der Waals surface area contributed by atoms with Crippen LogP contribution in [0.2, 0.25) is 0 Å². The molecule has 0 saturated carbocycles. The Bertz CT molecular complexity index is 2560. The monoisotopic (exact) mass is 878 g/mol. The van der Waals surface area contributed by atoms with E-state index in [-0.39, 0.29) is 35.6 Å². The number of benzene rings is 3. The van der Waals surface area contributed by atoms with Crippen molar-refractivity contribution in [1.29, 1.82) is 0 Å². The summed E-state index contributed by atoms with van der Waals surface area (Å²) in [5, 5.41) is 7.33. The van der Waals surface area contributed by atoms with Gasteiger partial charge in [0.1, 0.15) is 36.1 Å². The summed E-state index contributed by atoms with van der Waals surface area (Å²) in [7, 11) is 5.69. The summed E-state index contributed by atoms with van der Waals surface area (Å²) in [5.41, 5.74) is 6.43. The second kappa shape index (κ2) is 18.5. The summed E-state index contributed by atoms with van der Waals surface area (Å²) in [4.78, 5) is 73.1. The van der Waals surface area contributed by atoms with Crippen molar-refractivity contribution in [2.45, 2.75) is 83.8 Å². The molecule has 4 N–H and O–H groups in total. The third-order valence-electron chi connectivity index (χ3n) is 13.3. The van der Waals surface area contributed by atoms with Crippen LogP contribution in [-0.4, -0.2) is 120 Å². The number of methoxy groups -OCH3 is 4. The fourth-order valence-corrected chi connectivity index (χ4v) is 9.54. The predicted octanol–water partition coefficient (Wildman–Crippen LogP) is 6.64. The molecular weight excluding hydrogens is 821 g/mol. The number of alkyl carbamates (subject to hydrolysis) is 2. The molecule has 17 nitrogen and oxygen atoms in total. The molecule has 2 fully saturated rings. The number of nitrogens with zero attached hydrogens (tertiary/aromatic N) is 4. The zero-order chi connectivity index (χ0) is 45.4. The van der Waals surface area contributed by atoms with Gasteiger partial charge in [-0.1, -0.05) is 45.4 Å². The molecule has 0 spiro atoms.